The Morgan fingerprint density at radius 2 is 1.69 bits per heavy atom. The van der Waals surface area contributed by atoms with Crippen molar-refractivity contribution in [2.45, 2.75) is 65.6 Å². The van der Waals surface area contributed by atoms with Crippen molar-refractivity contribution in [2.24, 2.45) is 11.8 Å². The first-order valence-electron chi connectivity index (χ1n) is 5.56. The van der Waals surface area contributed by atoms with Gasteiger partial charge in [0, 0.05) is 0 Å². The molecular weight excluding hydrogens is 160 g/mol. The zero-order valence-electron chi connectivity index (χ0n) is 9.76. The van der Waals surface area contributed by atoms with Crippen LogP contribution < -0.4 is 0 Å². The van der Waals surface area contributed by atoms with Gasteiger partial charge in [0.15, 0.2) is 0 Å². The largest absolute Gasteiger partial charge is 0.372 e. The highest BCUT2D eigenvalue weighted by Gasteiger charge is 2.29. The van der Waals surface area contributed by atoms with Crippen LogP contribution in [0.1, 0.15) is 53.9 Å². The molecule has 0 amide bonds. The number of hydrogen-bond acceptors (Lipinski definition) is 1. The summed E-state index contributed by atoms with van der Waals surface area (Å²) in [6, 6.07) is 0. The van der Waals surface area contributed by atoms with E-state index >= 15 is 0 Å². The Morgan fingerprint density at radius 3 is 2.23 bits per heavy atom. The first-order valence-corrected chi connectivity index (χ1v) is 5.56. The van der Waals surface area contributed by atoms with Crippen molar-refractivity contribution in [1.82, 2.24) is 0 Å². The summed E-state index contributed by atoms with van der Waals surface area (Å²) in [6.45, 7) is 11.1. The van der Waals surface area contributed by atoms with E-state index in [0.717, 1.165) is 11.8 Å². The third-order valence-corrected chi connectivity index (χ3v) is 2.89. The van der Waals surface area contributed by atoms with Gasteiger partial charge in [0.05, 0.1) is 11.7 Å². The van der Waals surface area contributed by atoms with Gasteiger partial charge in [-0.15, -0.1) is 0 Å². The molecule has 0 aromatic carbocycles. The zero-order valence-corrected chi connectivity index (χ0v) is 9.76. The lowest BCUT2D eigenvalue weighted by Crippen LogP contribution is -2.35. The van der Waals surface area contributed by atoms with E-state index in [2.05, 4.69) is 34.6 Å². The second-order valence-electron chi connectivity index (χ2n) is 5.66. The van der Waals surface area contributed by atoms with Gasteiger partial charge in [0.2, 0.25) is 0 Å². The van der Waals surface area contributed by atoms with E-state index in [4.69, 9.17) is 4.74 Å². The lowest BCUT2D eigenvalue weighted by Gasteiger charge is -2.37. The molecule has 0 bridgehead atoms. The second kappa shape index (κ2) is 4.00. The summed E-state index contributed by atoms with van der Waals surface area (Å²) in [6.07, 6.45) is 4.45. The highest BCUT2D eigenvalue weighted by molar-refractivity contribution is 4.78. The normalized spacial score (nSPS) is 36.2. The van der Waals surface area contributed by atoms with Crippen molar-refractivity contribution in [3.63, 3.8) is 0 Å². The van der Waals surface area contributed by atoms with Crippen LogP contribution in [-0.4, -0.2) is 11.7 Å². The van der Waals surface area contributed by atoms with E-state index in [1.54, 1.807) is 0 Å². The molecular formula is C12H24O. The van der Waals surface area contributed by atoms with Crippen molar-refractivity contribution in [2.75, 3.05) is 0 Å². The van der Waals surface area contributed by atoms with Crippen molar-refractivity contribution in [3.8, 4) is 0 Å². The van der Waals surface area contributed by atoms with Crippen LogP contribution in [0, 0.1) is 11.8 Å². The third kappa shape index (κ3) is 3.68. The van der Waals surface area contributed by atoms with E-state index in [-0.39, 0.29) is 5.60 Å². The molecule has 0 heterocycles. The van der Waals surface area contributed by atoms with Gasteiger partial charge in [-0.05, 0) is 45.4 Å². The molecule has 1 fully saturated rings. The molecule has 0 N–H and O–H groups in total. The van der Waals surface area contributed by atoms with E-state index in [0.29, 0.717) is 6.10 Å². The Labute approximate surface area is 82.9 Å². The summed E-state index contributed by atoms with van der Waals surface area (Å²) >= 11 is 0. The fourth-order valence-corrected chi connectivity index (χ4v) is 2.10. The van der Waals surface area contributed by atoms with Gasteiger partial charge < -0.3 is 4.74 Å². The molecule has 0 aliphatic heterocycles. The molecule has 1 rings (SSSR count). The molecule has 3 unspecified atom stereocenters. The molecule has 0 saturated heterocycles. The van der Waals surface area contributed by atoms with Crippen LogP contribution >= 0.6 is 0 Å². The summed E-state index contributed by atoms with van der Waals surface area (Å²) in [5, 5.41) is 0. The van der Waals surface area contributed by atoms with Crippen LogP contribution in [0.5, 0.6) is 0 Å². The maximum atomic E-state index is 6.06. The van der Waals surface area contributed by atoms with Crippen LogP contribution in [0.4, 0.5) is 0 Å². The van der Waals surface area contributed by atoms with Crippen molar-refractivity contribution in [1.29, 1.82) is 0 Å². The third-order valence-electron chi connectivity index (χ3n) is 2.89. The lowest BCUT2D eigenvalue weighted by molar-refractivity contribution is -0.102. The molecule has 1 nitrogen and oxygen atoms in total. The van der Waals surface area contributed by atoms with Crippen LogP contribution in [0.15, 0.2) is 0 Å². The fraction of sp³-hybridized carbons (Fsp3) is 1.00. The van der Waals surface area contributed by atoms with E-state index in [1.165, 1.54) is 19.3 Å². The minimum absolute atomic E-state index is 0.0238. The Morgan fingerprint density at radius 1 is 1.08 bits per heavy atom. The Kier molecular flexibility index (Phi) is 3.39. The molecule has 0 radical (unpaired) electrons. The standard InChI is InChI=1S/C12H24O/c1-9-6-7-10(2)11(8-9)13-12(3,4)5/h9-11H,6-8H2,1-5H3. The molecule has 1 aliphatic carbocycles. The number of rotatable bonds is 1. The van der Waals surface area contributed by atoms with Gasteiger partial charge in [0.1, 0.15) is 0 Å². The molecule has 13 heavy (non-hydrogen) atoms. The Hall–Kier alpha value is -0.0400. The van der Waals surface area contributed by atoms with Gasteiger partial charge in [-0.1, -0.05) is 20.3 Å². The highest BCUT2D eigenvalue weighted by atomic mass is 16.5. The van der Waals surface area contributed by atoms with Gasteiger partial charge in [-0.3, -0.25) is 0 Å². The first kappa shape index (κ1) is 11.0. The monoisotopic (exact) mass is 184 g/mol. The Bertz CT molecular complexity index is 157. The first-order chi connectivity index (χ1) is 5.88. The van der Waals surface area contributed by atoms with Crippen LogP contribution in [0.3, 0.4) is 0 Å². The zero-order chi connectivity index (χ0) is 10.1. The van der Waals surface area contributed by atoms with Crippen LogP contribution in [0.25, 0.3) is 0 Å². The quantitative estimate of drug-likeness (QED) is 0.604. The minimum Gasteiger partial charge on any atom is -0.372 e. The summed E-state index contributed by atoms with van der Waals surface area (Å²) < 4.78 is 6.06. The average Bonchev–Trinajstić information content (AvgIpc) is 1.94. The lowest BCUT2D eigenvalue weighted by atomic mass is 9.81. The fourth-order valence-electron chi connectivity index (χ4n) is 2.10. The molecule has 0 spiro atoms. The maximum Gasteiger partial charge on any atom is 0.0610 e. The summed E-state index contributed by atoms with van der Waals surface area (Å²) in [7, 11) is 0. The van der Waals surface area contributed by atoms with Gasteiger partial charge in [-0.2, -0.15) is 0 Å². The minimum atomic E-state index is 0.0238. The van der Waals surface area contributed by atoms with Crippen LogP contribution in [0.2, 0.25) is 0 Å². The summed E-state index contributed by atoms with van der Waals surface area (Å²) in [5.41, 5.74) is 0.0238. The van der Waals surface area contributed by atoms with Crippen molar-refractivity contribution < 1.29 is 4.74 Å². The van der Waals surface area contributed by atoms with Crippen molar-refractivity contribution in [3.05, 3.63) is 0 Å². The summed E-state index contributed by atoms with van der Waals surface area (Å²) in [4.78, 5) is 0. The van der Waals surface area contributed by atoms with Gasteiger partial charge in [-0.25, -0.2) is 0 Å². The van der Waals surface area contributed by atoms with Crippen LogP contribution in [-0.2, 0) is 4.74 Å². The Balaban J connectivity index is 2.47. The van der Waals surface area contributed by atoms with E-state index < -0.39 is 0 Å². The SMILES string of the molecule is CC1CCC(C)C(OC(C)(C)C)C1. The predicted octanol–water partition coefficient (Wildman–Crippen LogP) is 3.63. The molecule has 0 aromatic rings. The highest BCUT2D eigenvalue weighted by Crippen LogP contribution is 2.32. The number of hydrogen-bond donors (Lipinski definition) is 0. The maximum absolute atomic E-state index is 6.06. The number of ether oxygens (including phenoxy) is 1. The summed E-state index contributed by atoms with van der Waals surface area (Å²) in [5.74, 6) is 1.60. The molecule has 1 heteroatoms. The molecule has 1 aliphatic rings. The van der Waals surface area contributed by atoms with E-state index in [9.17, 15) is 0 Å². The van der Waals surface area contributed by atoms with Gasteiger partial charge >= 0.3 is 0 Å². The second-order valence-corrected chi connectivity index (χ2v) is 5.66. The van der Waals surface area contributed by atoms with Crippen molar-refractivity contribution >= 4 is 0 Å². The van der Waals surface area contributed by atoms with E-state index in [1.807, 2.05) is 0 Å². The average molecular weight is 184 g/mol. The molecule has 78 valence electrons. The molecule has 3 atom stereocenters. The topological polar surface area (TPSA) is 9.23 Å². The smallest absolute Gasteiger partial charge is 0.0610 e. The van der Waals surface area contributed by atoms with Gasteiger partial charge in [0.25, 0.3) is 0 Å². The molecule has 1 saturated carbocycles. The predicted molar refractivity (Wildman–Crippen MR) is 56.8 cm³/mol. The molecule has 0 aromatic heterocycles.